The van der Waals surface area contributed by atoms with E-state index >= 15 is 0 Å². The smallest absolute Gasteiger partial charge is 0.309 e. The molecule has 1 rings (SSSR count). The molecule has 3 N–H and O–H groups in total. The van der Waals surface area contributed by atoms with E-state index in [9.17, 15) is 15.0 Å². The number of hydrogen-bond donors (Lipinski definition) is 3. The van der Waals surface area contributed by atoms with Gasteiger partial charge in [0, 0.05) is 0 Å². The number of allylic oxidation sites excluding steroid dienone is 1. The summed E-state index contributed by atoms with van der Waals surface area (Å²) in [7, 11) is 0. The lowest BCUT2D eigenvalue weighted by atomic mass is 9.94. The second kappa shape index (κ2) is 8.33. The summed E-state index contributed by atoms with van der Waals surface area (Å²) < 4.78 is 0. The summed E-state index contributed by atoms with van der Waals surface area (Å²) in [4.78, 5) is 11.1. The van der Waals surface area contributed by atoms with E-state index < -0.39 is 24.1 Å². The van der Waals surface area contributed by atoms with Crippen molar-refractivity contribution in [1.82, 2.24) is 0 Å². The molecule has 19 heavy (non-hydrogen) atoms. The summed E-state index contributed by atoms with van der Waals surface area (Å²) in [6, 6.07) is 0. The highest BCUT2D eigenvalue weighted by Crippen LogP contribution is 2.33. The molecule has 0 amide bonds. The molecule has 0 aromatic rings. The van der Waals surface area contributed by atoms with Crippen LogP contribution in [-0.4, -0.2) is 33.5 Å². The molecule has 0 aromatic carbocycles. The Bertz CT molecular complexity index is 301. The van der Waals surface area contributed by atoms with Gasteiger partial charge in [0.05, 0.1) is 18.1 Å². The molecular formula is C15H26O4. The Morgan fingerprint density at radius 3 is 2.68 bits per heavy atom. The highest BCUT2D eigenvalue weighted by atomic mass is 16.4. The predicted octanol–water partition coefficient (Wildman–Crippen LogP) is 2.35. The molecule has 1 aliphatic rings. The van der Waals surface area contributed by atoms with Gasteiger partial charge in [-0.1, -0.05) is 44.8 Å². The van der Waals surface area contributed by atoms with E-state index in [1.807, 2.05) is 0 Å². The molecule has 1 aliphatic carbocycles. The molecule has 0 spiro atoms. The molecule has 0 radical (unpaired) electrons. The zero-order chi connectivity index (χ0) is 14.3. The molecule has 1 fully saturated rings. The second-order valence-electron chi connectivity index (χ2n) is 5.47. The average Bonchev–Trinajstić information content (AvgIpc) is 2.73. The highest BCUT2D eigenvalue weighted by Gasteiger charge is 2.38. The lowest BCUT2D eigenvalue weighted by molar-refractivity contribution is -0.145. The Morgan fingerprint density at radius 1 is 1.32 bits per heavy atom. The van der Waals surface area contributed by atoms with Gasteiger partial charge < -0.3 is 15.3 Å². The van der Waals surface area contributed by atoms with E-state index in [0.717, 1.165) is 19.3 Å². The van der Waals surface area contributed by atoms with Crippen molar-refractivity contribution in [2.75, 3.05) is 0 Å². The molecule has 4 unspecified atom stereocenters. The Balaban J connectivity index is 2.36. The van der Waals surface area contributed by atoms with Gasteiger partial charge in [0.25, 0.3) is 0 Å². The number of carboxylic acids is 1. The first-order valence-corrected chi connectivity index (χ1v) is 7.33. The van der Waals surface area contributed by atoms with Crippen LogP contribution in [0, 0.1) is 11.8 Å². The van der Waals surface area contributed by atoms with Gasteiger partial charge in [-0.2, -0.15) is 0 Å². The third kappa shape index (κ3) is 5.33. The van der Waals surface area contributed by atoms with E-state index in [-0.39, 0.29) is 5.92 Å². The summed E-state index contributed by atoms with van der Waals surface area (Å²) in [5.41, 5.74) is 0. The molecule has 4 atom stereocenters. The van der Waals surface area contributed by atoms with Gasteiger partial charge in [-0.25, -0.2) is 0 Å². The average molecular weight is 270 g/mol. The van der Waals surface area contributed by atoms with Crippen LogP contribution in [-0.2, 0) is 4.79 Å². The third-order valence-corrected chi connectivity index (χ3v) is 3.89. The van der Waals surface area contributed by atoms with Crippen LogP contribution in [0.3, 0.4) is 0 Å². The summed E-state index contributed by atoms with van der Waals surface area (Å²) >= 11 is 0. The standard InChI is InChI=1S/C15H26O4/c1-2-3-4-5-6-12(16)9-7-11-8-10-13(17)14(11)15(18)19/h7,9,11-14,16-17H,2-6,8,10H2,1H3,(H,18,19). The third-order valence-electron chi connectivity index (χ3n) is 3.89. The van der Waals surface area contributed by atoms with Gasteiger partial charge in [-0.05, 0) is 25.2 Å². The van der Waals surface area contributed by atoms with Gasteiger partial charge >= 0.3 is 5.97 Å². The predicted molar refractivity (Wildman–Crippen MR) is 73.8 cm³/mol. The van der Waals surface area contributed by atoms with Gasteiger partial charge in [0.1, 0.15) is 0 Å². The Morgan fingerprint density at radius 2 is 2.05 bits per heavy atom. The van der Waals surface area contributed by atoms with Crippen LogP contribution in [0.1, 0.15) is 51.9 Å². The first-order valence-electron chi connectivity index (χ1n) is 7.33. The molecular weight excluding hydrogens is 244 g/mol. The van der Waals surface area contributed by atoms with Crippen molar-refractivity contribution < 1.29 is 20.1 Å². The number of aliphatic carboxylic acids is 1. The van der Waals surface area contributed by atoms with Crippen molar-refractivity contribution in [2.45, 2.75) is 64.1 Å². The first-order chi connectivity index (χ1) is 9.06. The van der Waals surface area contributed by atoms with Crippen LogP contribution < -0.4 is 0 Å². The van der Waals surface area contributed by atoms with E-state index in [1.54, 1.807) is 12.2 Å². The molecule has 4 nitrogen and oxygen atoms in total. The Labute approximate surface area is 115 Å². The van der Waals surface area contributed by atoms with E-state index in [0.29, 0.717) is 12.8 Å². The topological polar surface area (TPSA) is 77.8 Å². The number of unbranched alkanes of at least 4 members (excludes halogenated alkanes) is 3. The van der Waals surface area contributed by atoms with Crippen LogP contribution in [0.25, 0.3) is 0 Å². The normalized spacial score (nSPS) is 28.9. The fourth-order valence-corrected chi connectivity index (χ4v) is 2.72. The zero-order valence-corrected chi connectivity index (χ0v) is 11.7. The summed E-state index contributed by atoms with van der Waals surface area (Å²) in [5, 5.41) is 28.5. The van der Waals surface area contributed by atoms with E-state index in [1.165, 1.54) is 12.8 Å². The maximum absolute atomic E-state index is 11.1. The van der Waals surface area contributed by atoms with Crippen LogP contribution in [0.4, 0.5) is 0 Å². The van der Waals surface area contributed by atoms with Crippen LogP contribution >= 0.6 is 0 Å². The minimum Gasteiger partial charge on any atom is -0.481 e. The van der Waals surface area contributed by atoms with Gasteiger partial charge in [-0.15, -0.1) is 0 Å². The van der Waals surface area contributed by atoms with Crippen LogP contribution in [0.2, 0.25) is 0 Å². The largest absolute Gasteiger partial charge is 0.481 e. The molecule has 0 heterocycles. The SMILES string of the molecule is CCCCCCC(O)C=CC1CCC(O)C1C(=O)O. The van der Waals surface area contributed by atoms with Crippen molar-refractivity contribution in [3.63, 3.8) is 0 Å². The monoisotopic (exact) mass is 270 g/mol. The maximum Gasteiger partial charge on any atom is 0.309 e. The van der Waals surface area contributed by atoms with Crippen molar-refractivity contribution in [3.05, 3.63) is 12.2 Å². The fourth-order valence-electron chi connectivity index (χ4n) is 2.72. The lowest BCUT2D eigenvalue weighted by Gasteiger charge is -2.15. The summed E-state index contributed by atoms with van der Waals surface area (Å²) in [5.74, 6) is -1.82. The summed E-state index contributed by atoms with van der Waals surface area (Å²) in [6.45, 7) is 2.15. The van der Waals surface area contributed by atoms with Crippen LogP contribution in [0.15, 0.2) is 12.2 Å². The quantitative estimate of drug-likeness (QED) is 0.467. The molecule has 0 aromatic heterocycles. The van der Waals surface area contributed by atoms with Gasteiger partial charge in [0.2, 0.25) is 0 Å². The molecule has 4 heteroatoms. The minimum absolute atomic E-state index is 0.155. The molecule has 0 aliphatic heterocycles. The lowest BCUT2D eigenvalue weighted by Crippen LogP contribution is -2.27. The number of aliphatic hydroxyl groups is 2. The first kappa shape index (κ1) is 16.2. The Hall–Kier alpha value is -0.870. The van der Waals surface area contributed by atoms with Crippen LogP contribution in [0.5, 0.6) is 0 Å². The fraction of sp³-hybridized carbons (Fsp3) is 0.800. The van der Waals surface area contributed by atoms with Gasteiger partial charge in [-0.3, -0.25) is 4.79 Å². The van der Waals surface area contributed by atoms with Crippen molar-refractivity contribution >= 4 is 5.97 Å². The highest BCUT2D eigenvalue weighted by molar-refractivity contribution is 5.72. The number of rotatable bonds is 8. The number of hydrogen-bond acceptors (Lipinski definition) is 3. The molecule has 1 saturated carbocycles. The van der Waals surface area contributed by atoms with E-state index in [4.69, 9.17) is 5.11 Å². The maximum atomic E-state index is 11.1. The minimum atomic E-state index is -0.947. The molecule has 110 valence electrons. The molecule has 0 saturated heterocycles. The van der Waals surface area contributed by atoms with E-state index in [2.05, 4.69) is 6.92 Å². The van der Waals surface area contributed by atoms with Crippen molar-refractivity contribution in [1.29, 1.82) is 0 Å². The summed E-state index contributed by atoms with van der Waals surface area (Å²) in [6.07, 6.45) is 8.64. The molecule has 0 bridgehead atoms. The second-order valence-corrected chi connectivity index (χ2v) is 5.47. The number of carboxylic acid groups (broad SMARTS) is 1. The van der Waals surface area contributed by atoms with Gasteiger partial charge in [0.15, 0.2) is 0 Å². The number of carbonyl (C=O) groups is 1. The van der Waals surface area contributed by atoms with Crippen molar-refractivity contribution in [3.8, 4) is 0 Å². The Kier molecular flexibility index (Phi) is 7.10. The zero-order valence-electron chi connectivity index (χ0n) is 11.7. The number of aliphatic hydroxyl groups excluding tert-OH is 2. The van der Waals surface area contributed by atoms with Crippen molar-refractivity contribution in [2.24, 2.45) is 11.8 Å².